The van der Waals surface area contributed by atoms with Gasteiger partial charge in [0.2, 0.25) is 0 Å². The lowest BCUT2D eigenvalue weighted by atomic mass is 9.47. The average Bonchev–Trinajstić information content (AvgIpc) is 3.77. The van der Waals surface area contributed by atoms with E-state index < -0.39 is 52.5 Å². The molecule has 0 radical (unpaired) electrons. The number of hydrogen-bond acceptors (Lipinski definition) is 7. The summed E-state index contributed by atoms with van der Waals surface area (Å²) in [6, 6.07) is 19.4. The number of piperidine rings is 1. The van der Waals surface area contributed by atoms with E-state index in [9.17, 15) is 14.4 Å². The fourth-order valence-electron chi connectivity index (χ4n) is 9.56. The van der Waals surface area contributed by atoms with Crippen molar-refractivity contribution in [2.75, 3.05) is 13.1 Å². The van der Waals surface area contributed by atoms with E-state index in [2.05, 4.69) is 4.90 Å². The van der Waals surface area contributed by atoms with Crippen LogP contribution in [0.4, 0.5) is 4.39 Å². The molecule has 3 aromatic carbocycles. The van der Waals surface area contributed by atoms with Crippen molar-refractivity contribution in [3.05, 3.63) is 94.5 Å². The molecule has 6 aliphatic rings. The zero-order valence-electron chi connectivity index (χ0n) is 28.1. The van der Waals surface area contributed by atoms with Gasteiger partial charge in [-0.1, -0.05) is 48.5 Å². The molecule has 2 amide bonds. The third-order valence-corrected chi connectivity index (χ3v) is 11.9. The first-order valence-corrected chi connectivity index (χ1v) is 17.6. The van der Waals surface area contributed by atoms with Crippen LogP contribution in [0.5, 0.6) is 11.5 Å². The number of amides is 2. The van der Waals surface area contributed by atoms with Crippen LogP contribution in [0.15, 0.2) is 66.7 Å². The number of alkyl halides is 1. The highest BCUT2D eigenvalue weighted by atomic mass is 19.1. The fraction of sp³-hybridized carbons (Fsp3) is 0.475. The number of carbonyl (C=O) groups excluding carboxylic acids is 3. The second-order valence-electron chi connectivity index (χ2n) is 15.9. The van der Waals surface area contributed by atoms with Crippen LogP contribution in [0.1, 0.15) is 83.9 Å². The summed E-state index contributed by atoms with van der Waals surface area (Å²) in [7, 11) is 0. The van der Waals surface area contributed by atoms with Crippen molar-refractivity contribution in [2.45, 2.75) is 94.9 Å². The lowest BCUT2D eigenvalue weighted by Crippen LogP contribution is -2.83. The Morgan fingerprint density at radius 2 is 1.65 bits per heavy atom. The molecule has 2 bridgehead atoms. The number of rotatable bonds is 7. The number of likely N-dealkylation sites (tertiary alicyclic amines) is 1. The Labute approximate surface area is 285 Å². The predicted molar refractivity (Wildman–Crippen MR) is 178 cm³/mol. The number of halogens is 1. The Bertz CT molecular complexity index is 1850. The molecule has 6 atom stereocenters. The van der Waals surface area contributed by atoms with Crippen molar-refractivity contribution in [1.82, 2.24) is 9.80 Å². The minimum atomic E-state index is -1.51. The first-order valence-electron chi connectivity index (χ1n) is 17.6. The van der Waals surface area contributed by atoms with E-state index in [-0.39, 0.29) is 25.6 Å². The summed E-state index contributed by atoms with van der Waals surface area (Å²) in [6.07, 6.45) is 0.864. The van der Waals surface area contributed by atoms with Crippen LogP contribution in [0, 0.1) is 11.3 Å². The molecular weight excluding hydrogens is 623 g/mol. The van der Waals surface area contributed by atoms with Crippen molar-refractivity contribution >= 4 is 17.8 Å². The second kappa shape index (κ2) is 10.6. The quantitative estimate of drug-likeness (QED) is 0.225. The van der Waals surface area contributed by atoms with Crippen LogP contribution in [-0.4, -0.2) is 70.6 Å². The minimum absolute atomic E-state index is 0.151. The largest absolute Gasteiger partial charge is 0.485 e. The van der Waals surface area contributed by atoms with Gasteiger partial charge in [-0.15, -0.1) is 0 Å². The number of esters is 1. The van der Waals surface area contributed by atoms with Gasteiger partial charge in [-0.05, 0) is 88.1 Å². The van der Waals surface area contributed by atoms with Gasteiger partial charge in [0.15, 0.2) is 11.5 Å². The lowest BCUT2D eigenvalue weighted by molar-refractivity contribution is -0.244. The van der Waals surface area contributed by atoms with E-state index in [4.69, 9.17) is 14.2 Å². The maximum atomic E-state index is 18.0. The predicted octanol–water partition coefficient (Wildman–Crippen LogP) is 6.04. The molecule has 9 rings (SSSR count). The van der Waals surface area contributed by atoms with E-state index in [1.807, 2.05) is 63.2 Å². The molecule has 8 nitrogen and oxygen atoms in total. The van der Waals surface area contributed by atoms with Crippen molar-refractivity contribution in [2.24, 2.45) is 11.3 Å². The maximum Gasteiger partial charge on any atom is 0.311 e. The standard InChI is InChI=1S/C40H41FN2O6/c1-38(2,3)37(46)49-39-18-17-28(43-35(44)26-11-7-8-12-27(26)36(43)45)34-40(39)30(41)21-42(20-23-13-14-23)31(39)19-25-15-16-29(33(48-34)32(25)40)47-22-24-9-5-4-6-10-24/h4-12,15-16,23,28,30-31,34H,13-14,17-22H2,1-3H3/t28-,30+,31+,34+,39-,40+/m1/s1. The monoisotopic (exact) mass is 664 g/mol. The molecule has 254 valence electrons. The summed E-state index contributed by atoms with van der Waals surface area (Å²) in [6.45, 7) is 6.62. The SMILES string of the molecule is CC(C)(C)C(=O)O[C@@]12CC[C@@H](N3C(=O)c4ccccc4C3=O)[C@@H]3Oc4c(OCc5ccccc5)ccc5c4[C@@]31[C@@H](F)CN(CC1CC1)[C@H]2C5. The molecule has 0 N–H and O–H groups in total. The zero-order chi connectivity index (χ0) is 33.9. The number of carbonyl (C=O) groups is 3. The van der Waals surface area contributed by atoms with Crippen molar-refractivity contribution in [3.63, 3.8) is 0 Å². The maximum absolute atomic E-state index is 18.0. The molecule has 3 aliphatic heterocycles. The van der Waals surface area contributed by atoms with Gasteiger partial charge >= 0.3 is 5.97 Å². The molecule has 1 spiro atoms. The van der Waals surface area contributed by atoms with Gasteiger partial charge in [0.25, 0.3) is 11.8 Å². The van der Waals surface area contributed by atoms with Gasteiger partial charge in [0.1, 0.15) is 29.9 Å². The molecule has 1 saturated heterocycles. The summed E-state index contributed by atoms with van der Waals surface area (Å²) in [5.41, 5.74) is -0.362. The van der Waals surface area contributed by atoms with Crippen LogP contribution < -0.4 is 9.47 Å². The third kappa shape index (κ3) is 4.27. The van der Waals surface area contributed by atoms with Crippen LogP contribution in [0.3, 0.4) is 0 Å². The van der Waals surface area contributed by atoms with Gasteiger partial charge in [0, 0.05) is 18.7 Å². The summed E-state index contributed by atoms with van der Waals surface area (Å²) in [5, 5.41) is 0. The van der Waals surface area contributed by atoms with E-state index in [1.54, 1.807) is 24.3 Å². The smallest absolute Gasteiger partial charge is 0.311 e. The molecule has 3 aliphatic carbocycles. The number of ether oxygens (including phenoxy) is 3. The summed E-state index contributed by atoms with van der Waals surface area (Å²) < 4.78 is 38.3. The summed E-state index contributed by atoms with van der Waals surface area (Å²) >= 11 is 0. The number of fused-ring (bicyclic) bond motifs is 1. The van der Waals surface area contributed by atoms with Gasteiger partial charge in [-0.25, -0.2) is 4.39 Å². The van der Waals surface area contributed by atoms with Crippen molar-refractivity contribution in [1.29, 1.82) is 0 Å². The molecule has 0 unspecified atom stereocenters. The Kier molecular flexibility index (Phi) is 6.68. The van der Waals surface area contributed by atoms with Crippen molar-refractivity contribution < 1.29 is 33.0 Å². The Morgan fingerprint density at radius 1 is 0.959 bits per heavy atom. The number of imide groups is 1. The number of nitrogens with zero attached hydrogens (tertiary/aromatic N) is 2. The highest BCUT2D eigenvalue weighted by Crippen LogP contribution is 2.68. The topological polar surface area (TPSA) is 85.4 Å². The third-order valence-electron chi connectivity index (χ3n) is 11.9. The molecule has 3 fully saturated rings. The molecular formula is C40H41FN2O6. The molecule has 2 saturated carbocycles. The molecule has 3 aromatic rings. The van der Waals surface area contributed by atoms with E-state index in [0.29, 0.717) is 46.9 Å². The molecule has 3 heterocycles. The first kappa shape index (κ1) is 30.8. The number of hydrogen-bond donors (Lipinski definition) is 0. The zero-order valence-corrected chi connectivity index (χ0v) is 28.1. The van der Waals surface area contributed by atoms with E-state index in [1.165, 1.54) is 4.90 Å². The van der Waals surface area contributed by atoms with Crippen molar-refractivity contribution in [3.8, 4) is 11.5 Å². The first-order chi connectivity index (χ1) is 23.5. The highest BCUT2D eigenvalue weighted by Gasteiger charge is 2.80. The van der Waals surface area contributed by atoms with E-state index >= 15 is 4.39 Å². The van der Waals surface area contributed by atoms with Crippen LogP contribution in [0.2, 0.25) is 0 Å². The van der Waals surface area contributed by atoms with Crippen LogP contribution >= 0.6 is 0 Å². The van der Waals surface area contributed by atoms with Crippen LogP contribution in [-0.2, 0) is 28.0 Å². The second-order valence-corrected chi connectivity index (χ2v) is 15.9. The van der Waals surface area contributed by atoms with Gasteiger partial charge < -0.3 is 14.2 Å². The lowest BCUT2D eigenvalue weighted by Gasteiger charge is -2.66. The minimum Gasteiger partial charge on any atom is -0.485 e. The summed E-state index contributed by atoms with van der Waals surface area (Å²) in [4.78, 5) is 45.6. The van der Waals surface area contributed by atoms with E-state index in [0.717, 1.165) is 30.5 Å². The molecule has 9 heteroatoms. The van der Waals surface area contributed by atoms with Gasteiger partial charge in [-0.3, -0.25) is 24.2 Å². The van der Waals surface area contributed by atoms with Gasteiger partial charge in [-0.2, -0.15) is 0 Å². The number of benzene rings is 3. The Hall–Kier alpha value is -4.24. The Morgan fingerprint density at radius 3 is 2.33 bits per heavy atom. The normalized spacial score (nSPS) is 31.2. The molecule has 0 aromatic heterocycles. The Balaban J connectivity index is 1.23. The molecule has 49 heavy (non-hydrogen) atoms. The summed E-state index contributed by atoms with van der Waals surface area (Å²) in [5.74, 6) is 0.173. The fourth-order valence-corrected chi connectivity index (χ4v) is 9.56. The van der Waals surface area contributed by atoms with Gasteiger partial charge in [0.05, 0.1) is 28.6 Å². The highest BCUT2D eigenvalue weighted by molar-refractivity contribution is 6.21. The van der Waals surface area contributed by atoms with Crippen LogP contribution in [0.25, 0.3) is 0 Å². The average molecular weight is 665 g/mol.